The van der Waals surface area contributed by atoms with Gasteiger partial charge in [-0.25, -0.2) is 8.78 Å². The molecule has 3 nitrogen and oxygen atoms in total. The molecule has 7 heteroatoms. The monoisotopic (exact) mass is 370 g/mol. The molecule has 2 aromatic rings. The number of rotatable bonds is 2. The van der Waals surface area contributed by atoms with Gasteiger partial charge in [-0.05, 0) is 30.3 Å². The van der Waals surface area contributed by atoms with Crippen LogP contribution < -0.4 is 4.90 Å². The van der Waals surface area contributed by atoms with Crippen molar-refractivity contribution in [2.75, 3.05) is 31.1 Å². The predicted molar refractivity (Wildman–Crippen MR) is 90.9 cm³/mol. The second-order valence-corrected chi connectivity index (χ2v) is 6.32. The minimum atomic E-state index is -0.607. The van der Waals surface area contributed by atoms with Gasteiger partial charge in [0.2, 0.25) is 0 Å². The Morgan fingerprint density at radius 1 is 0.917 bits per heavy atom. The summed E-state index contributed by atoms with van der Waals surface area (Å²) in [6.45, 7) is 1.82. The number of piperazine rings is 1. The Labute approximate surface area is 148 Å². The molecule has 2 aromatic carbocycles. The lowest BCUT2D eigenvalue weighted by molar-refractivity contribution is 0.0746. The maximum atomic E-state index is 13.8. The Morgan fingerprint density at radius 3 is 2.25 bits per heavy atom. The van der Waals surface area contributed by atoms with Crippen molar-refractivity contribution in [1.82, 2.24) is 4.90 Å². The van der Waals surface area contributed by atoms with Crippen molar-refractivity contribution in [3.05, 3.63) is 63.6 Å². The van der Waals surface area contributed by atoms with Crippen LogP contribution in [0.4, 0.5) is 14.5 Å². The van der Waals surface area contributed by atoms with Crippen LogP contribution in [0.15, 0.2) is 36.4 Å². The van der Waals surface area contributed by atoms with Crippen molar-refractivity contribution >= 4 is 34.8 Å². The van der Waals surface area contributed by atoms with Crippen molar-refractivity contribution in [3.8, 4) is 0 Å². The van der Waals surface area contributed by atoms with Crippen molar-refractivity contribution in [2.45, 2.75) is 0 Å². The molecular formula is C17H14Cl2F2N2O. The third-order valence-electron chi connectivity index (χ3n) is 3.98. The summed E-state index contributed by atoms with van der Waals surface area (Å²) in [4.78, 5) is 16.0. The molecule has 1 aliphatic heterocycles. The second-order valence-electron chi connectivity index (χ2n) is 5.50. The topological polar surface area (TPSA) is 23.6 Å². The largest absolute Gasteiger partial charge is 0.366 e. The molecule has 1 fully saturated rings. The highest BCUT2D eigenvalue weighted by Crippen LogP contribution is 2.25. The van der Waals surface area contributed by atoms with Crippen molar-refractivity contribution in [1.29, 1.82) is 0 Å². The highest BCUT2D eigenvalue weighted by atomic mass is 35.5. The maximum Gasteiger partial charge on any atom is 0.254 e. The van der Waals surface area contributed by atoms with Gasteiger partial charge in [0.25, 0.3) is 5.91 Å². The van der Waals surface area contributed by atoms with Crippen LogP contribution in [0.5, 0.6) is 0 Å². The number of hydrogen-bond acceptors (Lipinski definition) is 2. The maximum absolute atomic E-state index is 13.8. The molecule has 0 atom stereocenters. The smallest absolute Gasteiger partial charge is 0.254 e. The number of hydrogen-bond donors (Lipinski definition) is 0. The molecule has 0 N–H and O–H groups in total. The van der Waals surface area contributed by atoms with E-state index in [-0.39, 0.29) is 5.91 Å². The van der Waals surface area contributed by atoms with Gasteiger partial charge in [0.15, 0.2) is 0 Å². The normalized spacial score (nSPS) is 14.8. The summed E-state index contributed by atoms with van der Waals surface area (Å²) in [6.07, 6.45) is 0. The van der Waals surface area contributed by atoms with Crippen LogP contribution in [0.25, 0.3) is 0 Å². The van der Waals surface area contributed by atoms with Gasteiger partial charge in [-0.2, -0.15) is 0 Å². The molecule has 0 radical (unpaired) electrons. The van der Waals surface area contributed by atoms with Crippen molar-refractivity contribution in [3.63, 3.8) is 0 Å². The second kappa shape index (κ2) is 6.95. The van der Waals surface area contributed by atoms with E-state index in [4.69, 9.17) is 23.2 Å². The van der Waals surface area contributed by atoms with Crippen molar-refractivity contribution in [2.24, 2.45) is 0 Å². The fourth-order valence-corrected chi connectivity index (χ4v) is 3.00. The molecular weight excluding hydrogens is 357 g/mol. The van der Waals surface area contributed by atoms with E-state index < -0.39 is 11.6 Å². The summed E-state index contributed by atoms with van der Waals surface area (Å²) in [5.41, 5.74) is 0.809. The van der Waals surface area contributed by atoms with Gasteiger partial charge in [-0.3, -0.25) is 4.79 Å². The van der Waals surface area contributed by atoms with Gasteiger partial charge in [-0.1, -0.05) is 23.2 Å². The van der Waals surface area contributed by atoms with E-state index in [0.29, 0.717) is 47.5 Å². The SMILES string of the molecule is O=C(c1ccc(Cl)c(Cl)c1)N1CCN(c2ccc(F)cc2F)CC1. The Bertz CT molecular complexity index is 777. The van der Waals surface area contributed by atoms with Gasteiger partial charge in [0.1, 0.15) is 11.6 Å². The quantitative estimate of drug-likeness (QED) is 0.789. The molecule has 3 rings (SSSR count). The first kappa shape index (κ1) is 17.0. The van der Waals surface area contributed by atoms with Crippen LogP contribution in [0.3, 0.4) is 0 Å². The first-order chi connectivity index (χ1) is 11.5. The fourth-order valence-electron chi connectivity index (χ4n) is 2.70. The number of nitrogens with zero attached hydrogens (tertiary/aromatic N) is 2. The van der Waals surface area contributed by atoms with Gasteiger partial charge < -0.3 is 9.80 Å². The Hall–Kier alpha value is -1.85. The van der Waals surface area contributed by atoms with E-state index in [1.165, 1.54) is 18.2 Å². The molecule has 1 heterocycles. The first-order valence-corrected chi connectivity index (χ1v) is 8.15. The zero-order chi connectivity index (χ0) is 17.3. The lowest BCUT2D eigenvalue weighted by atomic mass is 10.1. The minimum Gasteiger partial charge on any atom is -0.366 e. The molecule has 0 saturated carbocycles. The number of carbonyl (C=O) groups is 1. The highest BCUT2D eigenvalue weighted by molar-refractivity contribution is 6.42. The number of amides is 1. The molecule has 1 saturated heterocycles. The van der Waals surface area contributed by atoms with E-state index in [1.807, 2.05) is 0 Å². The first-order valence-electron chi connectivity index (χ1n) is 7.40. The Balaban J connectivity index is 1.68. The third-order valence-corrected chi connectivity index (χ3v) is 4.72. The van der Waals surface area contributed by atoms with Crippen LogP contribution in [0.2, 0.25) is 10.0 Å². The number of halogens is 4. The van der Waals surface area contributed by atoms with Gasteiger partial charge >= 0.3 is 0 Å². The molecule has 126 valence electrons. The zero-order valence-electron chi connectivity index (χ0n) is 12.6. The molecule has 24 heavy (non-hydrogen) atoms. The highest BCUT2D eigenvalue weighted by Gasteiger charge is 2.24. The summed E-state index contributed by atoms with van der Waals surface area (Å²) < 4.78 is 26.8. The molecule has 1 amide bonds. The summed E-state index contributed by atoms with van der Waals surface area (Å²) in [6, 6.07) is 8.26. The molecule has 0 bridgehead atoms. The molecule has 1 aliphatic rings. The molecule has 0 aromatic heterocycles. The van der Waals surface area contributed by atoms with E-state index >= 15 is 0 Å². The van der Waals surface area contributed by atoms with Gasteiger partial charge in [-0.15, -0.1) is 0 Å². The third kappa shape index (κ3) is 3.47. The van der Waals surface area contributed by atoms with Crippen LogP contribution >= 0.6 is 23.2 Å². The van der Waals surface area contributed by atoms with Gasteiger partial charge in [0, 0.05) is 37.8 Å². The number of anilines is 1. The van der Waals surface area contributed by atoms with Crippen LogP contribution in [0.1, 0.15) is 10.4 Å². The van der Waals surface area contributed by atoms with Crippen LogP contribution in [-0.4, -0.2) is 37.0 Å². The summed E-state index contributed by atoms with van der Waals surface area (Å²) in [5, 5.41) is 0.722. The summed E-state index contributed by atoms with van der Waals surface area (Å²) >= 11 is 11.8. The fraction of sp³-hybridized carbons (Fsp3) is 0.235. The standard InChI is InChI=1S/C17H14Cl2F2N2O/c18-13-3-1-11(9-14(13)19)17(24)23-7-5-22(6-8-23)16-4-2-12(20)10-15(16)21/h1-4,9-10H,5-8H2. The number of carbonyl (C=O) groups excluding carboxylic acids is 1. The van der Waals surface area contributed by atoms with E-state index in [0.717, 1.165) is 6.07 Å². The van der Waals surface area contributed by atoms with E-state index in [9.17, 15) is 13.6 Å². The Morgan fingerprint density at radius 2 is 1.62 bits per heavy atom. The van der Waals surface area contributed by atoms with Crippen LogP contribution in [-0.2, 0) is 0 Å². The lowest BCUT2D eigenvalue weighted by Crippen LogP contribution is -2.49. The predicted octanol–water partition coefficient (Wildman–Crippen LogP) is 4.23. The molecule has 0 unspecified atom stereocenters. The van der Waals surface area contributed by atoms with Crippen LogP contribution in [0, 0.1) is 11.6 Å². The molecule has 0 spiro atoms. The lowest BCUT2D eigenvalue weighted by Gasteiger charge is -2.36. The summed E-state index contributed by atoms with van der Waals surface area (Å²) in [5.74, 6) is -1.35. The van der Waals surface area contributed by atoms with E-state index in [1.54, 1.807) is 21.9 Å². The number of benzene rings is 2. The molecule has 0 aliphatic carbocycles. The van der Waals surface area contributed by atoms with Gasteiger partial charge in [0.05, 0.1) is 15.7 Å². The average Bonchev–Trinajstić information content (AvgIpc) is 2.57. The van der Waals surface area contributed by atoms with Crippen molar-refractivity contribution < 1.29 is 13.6 Å². The average molecular weight is 371 g/mol. The summed E-state index contributed by atoms with van der Waals surface area (Å²) in [7, 11) is 0. The van der Waals surface area contributed by atoms with E-state index in [2.05, 4.69) is 0 Å². The zero-order valence-corrected chi connectivity index (χ0v) is 14.1. The Kier molecular flexibility index (Phi) is 4.92. The minimum absolute atomic E-state index is 0.146.